The van der Waals surface area contributed by atoms with Gasteiger partial charge in [0.2, 0.25) is 5.91 Å². The zero-order valence-corrected chi connectivity index (χ0v) is 22.6. The summed E-state index contributed by atoms with van der Waals surface area (Å²) >= 11 is 7.50. The molecule has 0 fully saturated rings. The third-order valence-electron chi connectivity index (χ3n) is 5.60. The molecule has 2 N–H and O–H groups in total. The first-order chi connectivity index (χ1) is 17.2. The molecule has 1 aromatic heterocycles. The molecule has 0 bridgehead atoms. The van der Waals surface area contributed by atoms with Gasteiger partial charge in [0.25, 0.3) is 5.91 Å². The van der Waals surface area contributed by atoms with Crippen LogP contribution in [0.5, 0.6) is 0 Å². The molecule has 0 saturated heterocycles. The maximum absolute atomic E-state index is 12.9. The Morgan fingerprint density at radius 3 is 2.39 bits per heavy atom. The lowest BCUT2D eigenvalue weighted by atomic mass is 10.0. The second kappa shape index (κ2) is 12.7. The number of carbonyl (C=O) groups is 2. The molecule has 1 atom stereocenters. The quantitative estimate of drug-likeness (QED) is 0.233. The molecule has 0 saturated carbocycles. The Labute approximate surface area is 221 Å². The molecule has 3 rings (SSSR count). The zero-order chi connectivity index (χ0) is 26.2. The molecule has 2 aromatic carbocycles. The van der Waals surface area contributed by atoms with Gasteiger partial charge in [-0.3, -0.25) is 9.59 Å². The lowest BCUT2D eigenvalue weighted by Crippen LogP contribution is -2.34. The van der Waals surface area contributed by atoms with Crippen LogP contribution in [0.15, 0.2) is 66.3 Å². The Bertz CT molecular complexity index is 1210. The first kappa shape index (κ1) is 27.5. The Balaban J connectivity index is 1.73. The highest BCUT2D eigenvalue weighted by molar-refractivity contribution is 7.99. The van der Waals surface area contributed by atoms with Crippen molar-refractivity contribution in [3.8, 4) is 0 Å². The number of hydrogen-bond donors (Lipinski definition) is 2. The number of amides is 2. The van der Waals surface area contributed by atoms with E-state index in [9.17, 15) is 9.59 Å². The minimum Gasteiger partial charge on any atom is -0.342 e. The molecule has 9 heteroatoms. The summed E-state index contributed by atoms with van der Waals surface area (Å²) in [5.74, 6) is 0.792. The van der Waals surface area contributed by atoms with Crippen LogP contribution >= 0.6 is 23.4 Å². The van der Waals surface area contributed by atoms with E-state index in [1.54, 1.807) is 30.3 Å². The molecule has 1 heterocycles. The first-order valence-electron chi connectivity index (χ1n) is 11.8. The molecule has 0 aliphatic heterocycles. The van der Waals surface area contributed by atoms with Gasteiger partial charge in [-0.15, -0.1) is 16.8 Å². The van der Waals surface area contributed by atoms with Gasteiger partial charge in [-0.25, -0.2) is 0 Å². The maximum atomic E-state index is 12.9. The summed E-state index contributed by atoms with van der Waals surface area (Å²) in [4.78, 5) is 25.5. The van der Waals surface area contributed by atoms with Crippen molar-refractivity contribution in [2.45, 2.75) is 51.4 Å². The van der Waals surface area contributed by atoms with Gasteiger partial charge >= 0.3 is 0 Å². The van der Waals surface area contributed by atoms with Crippen LogP contribution in [-0.4, -0.2) is 32.3 Å². The summed E-state index contributed by atoms with van der Waals surface area (Å²) in [7, 11) is 0. The average Bonchev–Trinajstić information content (AvgIpc) is 3.23. The molecule has 0 unspecified atom stereocenters. The Kier molecular flexibility index (Phi) is 9.73. The number of carbonyl (C=O) groups excluding carboxylic acids is 2. The molecule has 0 spiro atoms. The molecule has 2 amide bonds. The van der Waals surface area contributed by atoms with Crippen molar-refractivity contribution in [1.29, 1.82) is 0 Å². The third kappa shape index (κ3) is 6.98. The van der Waals surface area contributed by atoms with Crippen LogP contribution in [-0.2, 0) is 11.3 Å². The fourth-order valence-corrected chi connectivity index (χ4v) is 4.59. The summed E-state index contributed by atoms with van der Waals surface area (Å²) in [6.07, 6.45) is 1.74. The first-order valence-corrected chi connectivity index (χ1v) is 13.2. The molecular weight excluding hydrogens is 494 g/mol. The van der Waals surface area contributed by atoms with E-state index in [1.807, 2.05) is 42.7 Å². The largest absolute Gasteiger partial charge is 0.342 e. The van der Waals surface area contributed by atoms with Crippen LogP contribution in [0.2, 0.25) is 5.02 Å². The zero-order valence-electron chi connectivity index (χ0n) is 21.0. The summed E-state index contributed by atoms with van der Waals surface area (Å²) < 4.78 is 1.87. The smallest absolute Gasteiger partial charge is 0.253 e. The lowest BCUT2D eigenvalue weighted by molar-refractivity contribution is -0.113. The van der Waals surface area contributed by atoms with Gasteiger partial charge < -0.3 is 15.2 Å². The van der Waals surface area contributed by atoms with E-state index in [4.69, 9.17) is 11.6 Å². The molecule has 7 nitrogen and oxygen atoms in total. The minimum absolute atomic E-state index is 0.0270. The normalized spacial score (nSPS) is 12.0. The number of thioether (sulfide) groups is 1. The summed E-state index contributed by atoms with van der Waals surface area (Å²) in [5, 5.41) is 15.6. The van der Waals surface area contributed by atoms with Crippen LogP contribution in [0, 0.1) is 5.92 Å². The second-order valence-corrected chi connectivity index (χ2v) is 10.4. The van der Waals surface area contributed by atoms with E-state index < -0.39 is 6.04 Å². The van der Waals surface area contributed by atoms with Crippen LogP contribution in [0.3, 0.4) is 0 Å². The van der Waals surface area contributed by atoms with Crippen molar-refractivity contribution in [2.75, 3.05) is 11.1 Å². The van der Waals surface area contributed by atoms with Gasteiger partial charge in [-0.05, 0) is 41.7 Å². The molecule has 190 valence electrons. The summed E-state index contributed by atoms with van der Waals surface area (Å²) in [6, 6.07) is 14.3. The van der Waals surface area contributed by atoms with E-state index in [-0.39, 0.29) is 23.5 Å². The topological polar surface area (TPSA) is 88.9 Å². The van der Waals surface area contributed by atoms with Crippen LogP contribution in [0.1, 0.15) is 61.4 Å². The van der Waals surface area contributed by atoms with Gasteiger partial charge in [-0.2, -0.15) is 0 Å². The fraction of sp³-hybridized carbons (Fsp3) is 0.333. The van der Waals surface area contributed by atoms with Gasteiger partial charge in [0.15, 0.2) is 11.0 Å². The lowest BCUT2D eigenvalue weighted by Gasteiger charge is -2.23. The number of anilines is 1. The van der Waals surface area contributed by atoms with Crippen molar-refractivity contribution in [3.63, 3.8) is 0 Å². The second-order valence-electron chi connectivity index (χ2n) is 9.03. The Hall–Kier alpha value is -3.10. The van der Waals surface area contributed by atoms with E-state index in [2.05, 4.69) is 41.3 Å². The number of nitrogens with one attached hydrogen (secondary N) is 2. The molecule has 36 heavy (non-hydrogen) atoms. The monoisotopic (exact) mass is 525 g/mol. The van der Waals surface area contributed by atoms with Gasteiger partial charge in [0.1, 0.15) is 0 Å². The maximum Gasteiger partial charge on any atom is 0.253 e. The number of benzene rings is 2. The van der Waals surface area contributed by atoms with E-state index in [0.29, 0.717) is 34.0 Å². The fourth-order valence-electron chi connectivity index (χ4n) is 3.61. The van der Waals surface area contributed by atoms with Crippen LogP contribution in [0.25, 0.3) is 0 Å². The van der Waals surface area contributed by atoms with Gasteiger partial charge in [0, 0.05) is 12.2 Å². The standard InChI is InChI=1S/C27H32ClN5O2S/c1-6-15-33-25(24(18(4)5)30-26(35)21-9-7-8-10-22(21)28)31-32-27(33)36-16-23(34)29-20-13-11-19(12-14-20)17(2)3/h6-14,17-18,24H,1,15-16H2,2-5H3,(H,29,34)(H,30,35)/t24-/m0/s1. The molecule has 3 aromatic rings. The predicted molar refractivity (Wildman–Crippen MR) is 147 cm³/mol. The van der Waals surface area contributed by atoms with Crippen molar-refractivity contribution < 1.29 is 9.59 Å². The Morgan fingerprint density at radius 2 is 1.78 bits per heavy atom. The average molecular weight is 526 g/mol. The van der Waals surface area contributed by atoms with Crippen molar-refractivity contribution >= 4 is 40.9 Å². The van der Waals surface area contributed by atoms with Crippen molar-refractivity contribution in [3.05, 3.63) is 83.2 Å². The number of aromatic nitrogens is 3. The van der Waals surface area contributed by atoms with Gasteiger partial charge in [-0.1, -0.05) is 81.4 Å². The number of hydrogen-bond acceptors (Lipinski definition) is 5. The minimum atomic E-state index is -0.413. The van der Waals surface area contributed by atoms with E-state index >= 15 is 0 Å². The molecule has 0 aliphatic carbocycles. The van der Waals surface area contributed by atoms with Crippen LogP contribution < -0.4 is 10.6 Å². The van der Waals surface area contributed by atoms with Crippen LogP contribution in [0.4, 0.5) is 5.69 Å². The Morgan fingerprint density at radius 1 is 1.08 bits per heavy atom. The third-order valence-corrected chi connectivity index (χ3v) is 6.90. The SMILES string of the molecule is C=CCn1c(SCC(=O)Nc2ccc(C(C)C)cc2)nnc1[C@@H](NC(=O)c1ccccc1Cl)C(C)C. The highest BCUT2D eigenvalue weighted by Gasteiger charge is 2.27. The number of nitrogens with zero attached hydrogens (tertiary/aromatic N) is 3. The summed E-state index contributed by atoms with van der Waals surface area (Å²) in [5.41, 5.74) is 2.36. The highest BCUT2D eigenvalue weighted by atomic mass is 35.5. The molecular formula is C27H32ClN5O2S. The number of halogens is 1. The van der Waals surface area contributed by atoms with Crippen molar-refractivity contribution in [2.24, 2.45) is 5.92 Å². The van der Waals surface area contributed by atoms with Gasteiger partial charge in [0.05, 0.1) is 22.4 Å². The highest BCUT2D eigenvalue weighted by Crippen LogP contribution is 2.27. The van der Waals surface area contributed by atoms with E-state index in [1.165, 1.54) is 17.3 Å². The number of rotatable bonds is 11. The van der Waals surface area contributed by atoms with Crippen molar-refractivity contribution in [1.82, 2.24) is 20.1 Å². The molecule has 0 radical (unpaired) electrons. The van der Waals surface area contributed by atoms with E-state index in [0.717, 1.165) is 5.69 Å². The summed E-state index contributed by atoms with van der Waals surface area (Å²) in [6.45, 7) is 12.5. The number of allylic oxidation sites excluding steroid dienone is 1. The predicted octanol–water partition coefficient (Wildman–Crippen LogP) is 6.10. The molecule has 0 aliphatic rings.